The van der Waals surface area contributed by atoms with Crippen molar-refractivity contribution < 1.29 is 8.78 Å². The number of aromatic nitrogens is 2. The summed E-state index contributed by atoms with van der Waals surface area (Å²) in [5.41, 5.74) is 0.689. The number of hydrogen-bond acceptors (Lipinski definition) is 1. The molecule has 0 saturated carbocycles. The maximum Gasteiger partial charge on any atom is 0.153 e. The summed E-state index contributed by atoms with van der Waals surface area (Å²) < 4.78 is 28.9. The number of aryl methyl sites for hydroxylation is 1. The Morgan fingerprint density at radius 3 is 2.65 bits per heavy atom. The molecule has 0 unspecified atom stereocenters. The van der Waals surface area contributed by atoms with Gasteiger partial charge in [0.1, 0.15) is 17.2 Å². The molecular formula is C15H19ClF2N2. The van der Waals surface area contributed by atoms with Gasteiger partial charge in [0, 0.05) is 12.6 Å². The number of benzene rings is 1. The first kappa shape index (κ1) is 15.2. The molecule has 0 bridgehead atoms. The molecule has 1 heterocycles. The fourth-order valence-electron chi connectivity index (χ4n) is 2.37. The number of rotatable bonds is 6. The van der Waals surface area contributed by atoms with Gasteiger partial charge in [-0.2, -0.15) is 0 Å². The lowest BCUT2D eigenvalue weighted by atomic mass is 10.1. The summed E-state index contributed by atoms with van der Waals surface area (Å²) >= 11 is 5.86. The lowest BCUT2D eigenvalue weighted by Gasteiger charge is -2.09. The standard InChI is InChI=1S/C15H19ClF2N2/c1-10(2)5-3-4-6-20-13-8-11(17)7-12(18)15(13)19-14(20)9-16/h7-8,10H,3-6,9H2,1-2H3. The van der Waals surface area contributed by atoms with E-state index in [9.17, 15) is 8.78 Å². The number of hydrogen-bond donors (Lipinski definition) is 0. The molecule has 1 aromatic heterocycles. The summed E-state index contributed by atoms with van der Waals surface area (Å²) in [5.74, 6) is 0.235. The summed E-state index contributed by atoms with van der Waals surface area (Å²) in [6.07, 6.45) is 3.17. The van der Waals surface area contributed by atoms with Crippen LogP contribution in [0.1, 0.15) is 38.9 Å². The van der Waals surface area contributed by atoms with Crippen LogP contribution in [0.5, 0.6) is 0 Å². The lowest BCUT2D eigenvalue weighted by molar-refractivity contribution is 0.509. The first-order valence-corrected chi connectivity index (χ1v) is 7.46. The molecule has 0 fully saturated rings. The minimum atomic E-state index is -0.632. The summed E-state index contributed by atoms with van der Waals surface area (Å²) in [6, 6.07) is 2.18. The molecule has 2 rings (SSSR count). The smallest absolute Gasteiger partial charge is 0.153 e. The van der Waals surface area contributed by atoms with Crippen LogP contribution >= 0.6 is 11.6 Å². The molecule has 5 heteroatoms. The predicted molar refractivity (Wildman–Crippen MR) is 77.9 cm³/mol. The topological polar surface area (TPSA) is 17.8 Å². The van der Waals surface area contributed by atoms with E-state index in [0.717, 1.165) is 25.3 Å². The molecule has 2 nitrogen and oxygen atoms in total. The van der Waals surface area contributed by atoms with Crippen LogP contribution in [0.3, 0.4) is 0 Å². The molecule has 0 radical (unpaired) electrons. The number of imidazole rings is 1. The number of alkyl halides is 1. The van der Waals surface area contributed by atoms with Crippen LogP contribution in [-0.4, -0.2) is 9.55 Å². The van der Waals surface area contributed by atoms with Crippen LogP contribution in [0.15, 0.2) is 12.1 Å². The Morgan fingerprint density at radius 2 is 2.00 bits per heavy atom. The van der Waals surface area contributed by atoms with E-state index >= 15 is 0 Å². The zero-order valence-electron chi connectivity index (χ0n) is 11.8. The van der Waals surface area contributed by atoms with Gasteiger partial charge < -0.3 is 4.57 Å². The van der Waals surface area contributed by atoms with Gasteiger partial charge in [-0.15, -0.1) is 11.6 Å². The largest absolute Gasteiger partial charge is 0.327 e. The van der Waals surface area contributed by atoms with E-state index < -0.39 is 11.6 Å². The highest BCUT2D eigenvalue weighted by molar-refractivity contribution is 6.16. The van der Waals surface area contributed by atoms with Crippen LogP contribution in [-0.2, 0) is 12.4 Å². The van der Waals surface area contributed by atoms with Crippen LogP contribution in [0.4, 0.5) is 8.78 Å². The van der Waals surface area contributed by atoms with Crippen LogP contribution in [0.25, 0.3) is 11.0 Å². The Hall–Kier alpha value is -1.16. The summed E-state index contributed by atoms with van der Waals surface area (Å²) in [7, 11) is 0. The van der Waals surface area contributed by atoms with Crippen LogP contribution < -0.4 is 0 Å². The Morgan fingerprint density at radius 1 is 1.25 bits per heavy atom. The second kappa shape index (κ2) is 6.53. The van der Waals surface area contributed by atoms with E-state index in [1.807, 2.05) is 4.57 Å². The Kier molecular flexibility index (Phi) is 4.97. The quantitative estimate of drug-likeness (QED) is 0.549. The second-order valence-electron chi connectivity index (χ2n) is 5.46. The molecule has 0 aliphatic heterocycles. The van der Waals surface area contributed by atoms with Crippen molar-refractivity contribution >= 4 is 22.6 Å². The van der Waals surface area contributed by atoms with Crippen molar-refractivity contribution in [1.82, 2.24) is 9.55 Å². The van der Waals surface area contributed by atoms with Gasteiger partial charge in [0.2, 0.25) is 0 Å². The van der Waals surface area contributed by atoms with Crippen LogP contribution in [0.2, 0.25) is 0 Å². The molecule has 0 atom stereocenters. The number of unbranched alkanes of at least 4 members (excludes halogenated alkanes) is 1. The number of fused-ring (bicyclic) bond motifs is 1. The van der Waals surface area contributed by atoms with Gasteiger partial charge in [-0.1, -0.05) is 26.7 Å². The van der Waals surface area contributed by atoms with Gasteiger partial charge in [-0.3, -0.25) is 0 Å². The van der Waals surface area contributed by atoms with Crippen LogP contribution in [0, 0.1) is 17.6 Å². The predicted octanol–water partition coefficient (Wildman–Crippen LogP) is 4.88. The van der Waals surface area contributed by atoms with E-state index in [1.54, 1.807) is 0 Å². The summed E-state index contributed by atoms with van der Waals surface area (Å²) in [5, 5.41) is 0. The van der Waals surface area contributed by atoms with Gasteiger partial charge in [0.25, 0.3) is 0 Å². The third kappa shape index (κ3) is 3.29. The first-order valence-electron chi connectivity index (χ1n) is 6.93. The van der Waals surface area contributed by atoms with E-state index in [0.29, 0.717) is 23.8 Å². The molecule has 2 aromatic rings. The third-order valence-corrected chi connectivity index (χ3v) is 3.62. The Balaban J connectivity index is 2.26. The maximum absolute atomic E-state index is 13.7. The molecule has 0 aliphatic carbocycles. The fraction of sp³-hybridized carbons (Fsp3) is 0.533. The monoisotopic (exact) mass is 300 g/mol. The lowest BCUT2D eigenvalue weighted by Crippen LogP contribution is -2.03. The van der Waals surface area contributed by atoms with Gasteiger partial charge in [0.15, 0.2) is 5.82 Å². The highest BCUT2D eigenvalue weighted by Crippen LogP contribution is 2.23. The van der Waals surface area contributed by atoms with E-state index in [2.05, 4.69) is 18.8 Å². The van der Waals surface area contributed by atoms with Crippen molar-refractivity contribution in [2.24, 2.45) is 5.92 Å². The van der Waals surface area contributed by atoms with E-state index in [1.165, 1.54) is 6.07 Å². The highest BCUT2D eigenvalue weighted by Gasteiger charge is 2.14. The van der Waals surface area contributed by atoms with Gasteiger partial charge in [0.05, 0.1) is 11.4 Å². The van der Waals surface area contributed by atoms with Crippen molar-refractivity contribution in [3.63, 3.8) is 0 Å². The molecule has 0 spiro atoms. The third-order valence-electron chi connectivity index (χ3n) is 3.38. The van der Waals surface area contributed by atoms with Crippen molar-refractivity contribution in [2.45, 2.75) is 45.5 Å². The van der Waals surface area contributed by atoms with Gasteiger partial charge >= 0.3 is 0 Å². The SMILES string of the molecule is CC(C)CCCCn1c(CCl)nc2c(F)cc(F)cc21. The molecular weight excluding hydrogens is 282 g/mol. The molecule has 0 aliphatic rings. The Bertz CT molecular complexity index is 593. The molecule has 110 valence electrons. The van der Waals surface area contributed by atoms with Crippen molar-refractivity contribution in [3.8, 4) is 0 Å². The fourth-order valence-corrected chi connectivity index (χ4v) is 2.58. The average molecular weight is 301 g/mol. The van der Waals surface area contributed by atoms with Crippen molar-refractivity contribution in [2.75, 3.05) is 0 Å². The first-order chi connectivity index (χ1) is 9.52. The highest BCUT2D eigenvalue weighted by atomic mass is 35.5. The number of nitrogens with zero attached hydrogens (tertiary/aromatic N) is 2. The van der Waals surface area contributed by atoms with Gasteiger partial charge in [-0.25, -0.2) is 13.8 Å². The van der Waals surface area contributed by atoms with Crippen molar-refractivity contribution in [1.29, 1.82) is 0 Å². The normalized spacial score (nSPS) is 11.7. The maximum atomic E-state index is 13.7. The zero-order chi connectivity index (χ0) is 14.7. The summed E-state index contributed by atoms with van der Waals surface area (Å²) in [6.45, 7) is 5.05. The Labute approximate surface area is 122 Å². The number of halogens is 3. The minimum Gasteiger partial charge on any atom is -0.327 e. The average Bonchev–Trinajstić information content (AvgIpc) is 2.73. The zero-order valence-corrected chi connectivity index (χ0v) is 12.6. The molecule has 0 saturated heterocycles. The molecule has 0 N–H and O–H groups in total. The van der Waals surface area contributed by atoms with E-state index in [-0.39, 0.29) is 11.4 Å². The second-order valence-corrected chi connectivity index (χ2v) is 5.73. The van der Waals surface area contributed by atoms with Crippen molar-refractivity contribution in [3.05, 3.63) is 29.6 Å². The molecule has 0 amide bonds. The van der Waals surface area contributed by atoms with Gasteiger partial charge in [-0.05, 0) is 18.4 Å². The summed E-state index contributed by atoms with van der Waals surface area (Å²) in [4.78, 5) is 4.18. The molecule has 20 heavy (non-hydrogen) atoms. The molecule has 1 aromatic carbocycles. The minimum absolute atomic E-state index is 0.194. The van der Waals surface area contributed by atoms with E-state index in [4.69, 9.17) is 11.6 Å².